The molecule has 0 aromatic heterocycles. The molecule has 0 aliphatic carbocycles. The first-order valence-electron chi connectivity index (χ1n) is 6.46. The molecule has 2 unspecified atom stereocenters. The highest BCUT2D eigenvalue weighted by molar-refractivity contribution is 5.73. The molecule has 0 aromatic carbocycles. The molecule has 0 amide bonds. The molecule has 4 fully saturated rings. The molecule has 4 aliphatic rings. The number of hydrogen-bond donors (Lipinski definition) is 1. The molecule has 16 heavy (non-hydrogen) atoms. The van der Waals surface area contributed by atoms with Gasteiger partial charge in [0, 0.05) is 12.6 Å². The van der Waals surface area contributed by atoms with Gasteiger partial charge < -0.3 is 10.0 Å². The molecule has 4 aliphatic heterocycles. The van der Waals surface area contributed by atoms with Crippen LogP contribution in [0.15, 0.2) is 0 Å². The van der Waals surface area contributed by atoms with Gasteiger partial charge in [-0.2, -0.15) is 0 Å². The van der Waals surface area contributed by atoms with Gasteiger partial charge in [-0.1, -0.05) is 0 Å². The van der Waals surface area contributed by atoms with Gasteiger partial charge in [0.2, 0.25) is 0 Å². The van der Waals surface area contributed by atoms with E-state index in [4.69, 9.17) is 0 Å². The van der Waals surface area contributed by atoms with E-state index in [0.29, 0.717) is 6.04 Å². The van der Waals surface area contributed by atoms with E-state index >= 15 is 0 Å². The minimum Gasteiger partial charge on any atom is -0.480 e. The van der Waals surface area contributed by atoms with Gasteiger partial charge in [-0.25, -0.2) is 0 Å². The minimum atomic E-state index is -0.617. The Kier molecular flexibility index (Phi) is 2.64. The van der Waals surface area contributed by atoms with Crippen molar-refractivity contribution in [3.8, 4) is 0 Å². The summed E-state index contributed by atoms with van der Waals surface area (Å²) in [6.07, 6.45) is 4.44. The van der Waals surface area contributed by atoms with Crippen LogP contribution < -0.4 is 0 Å². The summed E-state index contributed by atoms with van der Waals surface area (Å²) in [5, 5.41) is 9.23. The van der Waals surface area contributed by atoms with Crippen molar-refractivity contribution in [1.82, 2.24) is 9.80 Å². The van der Waals surface area contributed by atoms with Crippen molar-refractivity contribution in [2.75, 3.05) is 26.2 Å². The molecule has 4 heteroatoms. The van der Waals surface area contributed by atoms with E-state index in [2.05, 4.69) is 9.80 Å². The molecular formula is C12H20N2O2. The molecule has 0 saturated carbocycles. The maximum Gasteiger partial charge on any atom is 0.320 e. The van der Waals surface area contributed by atoms with Crippen LogP contribution in [-0.2, 0) is 4.79 Å². The van der Waals surface area contributed by atoms with E-state index in [-0.39, 0.29) is 6.04 Å². The van der Waals surface area contributed by atoms with Crippen LogP contribution in [-0.4, -0.2) is 59.1 Å². The van der Waals surface area contributed by atoms with Crippen molar-refractivity contribution < 1.29 is 9.90 Å². The lowest BCUT2D eigenvalue weighted by atomic mass is 9.83. The second-order valence-electron chi connectivity index (χ2n) is 5.44. The van der Waals surface area contributed by atoms with Gasteiger partial charge in [0.1, 0.15) is 6.04 Å². The predicted molar refractivity (Wildman–Crippen MR) is 60.3 cm³/mol. The first kappa shape index (κ1) is 10.5. The number of fused-ring (bicyclic) bond motifs is 3. The monoisotopic (exact) mass is 224 g/mol. The van der Waals surface area contributed by atoms with Gasteiger partial charge in [-0.05, 0) is 51.2 Å². The van der Waals surface area contributed by atoms with Crippen LogP contribution in [0.1, 0.15) is 25.7 Å². The van der Waals surface area contributed by atoms with Gasteiger partial charge in [0.25, 0.3) is 0 Å². The Balaban J connectivity index is 1.74. The standard InChI is InChI=1S/C12H20N2O2/c15-12(16)10-2-1-5-14(10)11-8-13-6-3-9(11)4-7-13/h9-11H,1-8H2,(H,15,16). The molecule has 4 nitrogen and oxygen atoms in total. The Hall–Kier alpha value is -0.610. The SMILES string of the molecule is O=C(O)C1CCCN1C1CN2CCC1CC2. The van der Waals surface area contributed by atoms with Gasteiger partial charge in [-0.15, -0.1) is 0 Å². The molecular weight excluding hydrogens is 204 g/mol. The number of hydrogen-bond acceptors (Lipinski definition) is 3. The zero-order valence-corrected chi connectivity index (χ0v) is 9.64. The quantitative estimate of drug-likeness (QED) is 0.747. The molecule has 2 bridgehead atoms. The Bertz CT molecular complexity index is 287. The molecule has 90 valence electrons. The number of piperidine rings is 3. The lowest BCUT2D eigenvalue weighted by molar-refractivity contribution is -0.144. The molecule has 0 aromatic rings. The molecule has 2 atom stereocenters. The Labute approximate surface area is 96.2 Å². The molecule has 4 heterocycles. The van der Waals surface area contributed by atoms with Crippen LogP contribution >= 0.6 is 0 Å². The van der Waals surface area contributed by atoms with Crippen LogP contribution in [0.3, 0.4) is 0 Å². The van der Waals surface area contributed by atoms with Crippen molar-refractivity contribution in [2.45, 2.75) is 37.8 Å². The summed E-state index contributed by atoms with van der Waals surface area (Å²) < 4.78 is 0. The topological polar surface area (TPSA) is 43.8 Å². The van der Waals surface area contributed by atoms with Crippen LogP contribution in [0.5, 0.6) is 0 Å². The normalized spacial score (nSPS) is 43.8. The number of aliphatic carboxylic acids is 1. The van der Waals surface area contributed by atoms with Crippen molar-refractivity contribution in [3.05, 3.63) is 0 Å². The van der Waals surface area contributed by atoms with E-state index in [9.17, 15) is 9.90 Å². The zero-order valence-electron chi connectivity index (χ0n) is 9.64. The van der Waals surface area contributed by atoms with Crippen LogP contribution in [0.4, 0.5) is 0 Å². The van der Waals surface area contributed by atoms with Crippen LogP contribution in [0.25, 0.3) is 0 Å². The van der Waals surface area contributed by atoms with Crippen molar-refractivity contribution in [3.63, 3.8) is 0 Å². The Morgan fingerprint density at radius 1 is 1.12 bits per heavy atom. The fraction of sp³-hybridized carbons (Fsp3) is 0.917. The first-order chi connectivity index (χ1) is 7.75. The average molecular weight is 224 g/mol. The molecule has 0 radical (unpaired) electrons. The summed E-state index contributed by atoms with van der Waals surface area (Å²) in [4.78, 5) is 16.0. The summed E-state index contributed by atoms with van der Waals surface area (Å²) in [5.74, 6) is 0.138. The van der Waals surface area contributed by atoms with E-state index < -0.39 is 5.97 Å². The third-order valence-electron chi connectivity index (χ3n) is 4.63. The van der Waals surface area contributed by atoms with Gasteiger partial charge in [0.05, 0.1) is 0 Å². The summed E-state index contributed by atoms with van der Waals surface area (Å²) in [6.45, 7) is 4.56. The highest BCUT2D eigenvalue weighted by atomic mass is 16.4. The zero-order chi connectivity index (χ0) is 11.1. The van der Waals surface area contributed by atoms with E-state index in [1.54, 1.807) is 0 Å². The second-order valence-corrected chi connectivity index (χ2v) is 5.44. The Morgan fingerprint density at radius 3 is 2.44 bits per heavy atom. The Morgan fingerprint density at radius 2 is 1.88 bits per heavy atom. The maximum atomic E-state index is 11.2. The molecule has 4 rings (SSSR count). The number of carboxylic acid groups (broad SMARTS) is 1. The largest absolute Gasteiger partial charge is 0.480 e. The minimum absolute atomic E-state index is 0.203. The third-order valence-corrected chi connectivity index (χ3v) is 4.63. The number of likely N-dealkylation sites (tertiary alicyclic amines) is 1. The maximum absolute atomic E-state index is 11.2. The van der Waals surface area contributed by atoms with Crippen molar-refractivity contribution in [2.24, 2.45) is 5.92 Å². The molecule has 4 saturated heterocycles. The molecule has 0 spiro atoms. The first-order valence-corrected chi connectivity index (χ1v) is 6.46. The van der Waals surface area contributed by atoms with Crippen LogP contribution in [0.2, 0.25) is 0 Å². The fourth-order valence-electron chi connectivity index (χ4n) is 3.76. The highest BCUT2D eigenvalue weighted by Gasteiger charge is 2.43. The summed E-state index contributed by atoms with van der Waals surface area (Å²) in [7, 11) is 0. The van der Waals surface area contributed by atoms with Gasteiger partial charge in [0.15, 0.2) is 0 Å². The number of carbonyl (C=O) groups is 1. The molecule has 1 N–H and O–H groups in total. The highest BCUT2D eigenvalue weighted by Crippen LogP contribution is 2.34. The average Bonchev–Trinajstić information content (AvgIpc) is 2.79. The third kappa shape index (κ3) is 1.64. The summed E-state index contributed by atoms with van der Waals surface area (Å²) >= 11 is 0. The van der Waals surface area contributed by atoms with Crippen molar-refractivity contribution >= 4 is 5.97 Å². The summed E-state index contributed by atoms with van der Waals surface area (Å²) in [6, 6.07) is 0.316. The fourth-order valence-corrected chi connectivity index (χ4v) is 3.76. The number of nitrogens with zero attached hydrogens (tertiary/aromatic N) is 2. The second kappa shape index (κ2) is 4.00. The van der Waals surface area contributed by atoms with E-state index in [0.717, 1.165) is 31.8 Å². The van der Waals surface area contributed by atoms with Gasteiger partial charge in [-0.3, -0.25) is 9.69 Å². The number of rotatable bonds is 2. The lowest BCUT2D eigenvalue weighted by Gasteiger charge is -2.49. The number of carboxylic acids is 1. The summed E-state index contributed by atoms with van der Waals surface area (Å²) in [5.41, 5.74) is 0. The van der Waals surface area contributed by atoms with E-state index in [1.165, 1.54) is 25.9 Å². The van der Waals surface area contributed by atoms with Crippen molar-refractivity contribution in [1.29, 1.82) is 0 Å². The van der Waals surface area contributed by atoms with Crippen LogP contribution in [0, 0.1) is 5.92 Å². The lowest BCUT2D eigenvalue weighted by Crippen LogP contribution is -2.59. The smallest absolute Gasteiger partial charge is 0.320 e. The van der Waals surface area contributed by atoms with Gasteiger partial charge >= 0.3 is 5.97 Å². The predicted octanol–water partition coefficient (Wildman–Crippen LogP) is 0.630. The van der Waals surface area contributed by atoms with E-state index in [1.807, 2.05) is 0 Å².